The summed E-state index contributed by atoms with van der Waals surface area (Å²) in [6, 6.07) is 13.2. The Hall–Kier alpha value is -2.86. The van der Waals surface area contributed by atoms with Crippen LogP contribution in [-0.4, -0.2) is 15.7 Å². The van der Waals surface area contributed by atoms with E-state index in [4.69, 9.17) is 16.3 Å². The Morgan fingerprint density at radius 3 is 2.88 bits per heavy atom. The fourth-order valence-corrected chi connectivity index (χ4v) is 2.35. The highest BCUT2D eigenvalue weighted by Crippen LogP contribution is 2.21. The highest BCUT2D eigenvalue weighted by Gasteiger charge is 2.10. The fraction of sp³-hybridized carbons (Fsp3) is 0.111. The van der Waals surface area contributed by atoms with Crippen molar-refractivity contribution in [1.29, 1.82) is 0 Å². The van der Waals surface area contributed by atoms with E-state index in [1.165, 1.54) is 22.9 Å². The van der Waals surface area contributed by atoms with Crippen LogP contribution in [0.1, 0.15) is 16.1 Å². The smallest absolute Gasteiger partial charge is 0.276 e. The first-order valence-electron chi connectivity index (χ1n) is 7.50. The van der Waals surface area contributed by atoms with Gasteiger partial charge in [-0.1, -0.05) is 23.7 Å². The number of nitrogens with zero attached hydrogens (tertiary/aromatic N) is 2. The standard InChI is InChI=1S/C18H15ClFN3O2/c1-12-3-2-4-13(9-12)21-18(24)17-7-8-23(22-17)11-25-14-5-6-16(20)15(19)10-14/h2-10H,11H2,1H3,(H,21,24). The molecule has 0 atom stereocenters. The number of carbonyl (C=O) groups excluding carboxylic acids is 1. The van der Waals surface area contributed by atoms with E-state index < -0.39 is 5.82 Å². The van der Waals surface area contributed by atoms with Crippen LogP contribution in [0.3, 0.4) is 0 Å². The third-order valence-electron chi connectivity index (χ3n) is 3.40. The van der Waals surface area contributed by atoms with Gasteiger partial charge >= 0.3 is 0 Å². The molecule has 3 aromatic rings. The van der Waals surface area contributed by atoms with Crippen molar-refractivity contribution in [1.82, 2.24) is 9.78 Å². The summed E-state index contributed by atoms with van der Waals surface area (Å²) in [7, 11) is 0. The average molecular weight is 360 g/mol. The lowest BCUT2D eigenvalue weighted by Gasteiger charge is -2.07. The van der Waals surface area contributed by atoms with Gasteiger partial charge in [-0.15, -0.1) is 0 Å². The predicted octanol–water partition coefficient (Wildman–Crippen LogP) is 4.27. The molecule has 0 unspecified atom stereocenters. The van der Waals surface area contributed by atoms with Gasteiger partial charge in [-0.25, -0.2) is 9.07 Å². The first-order chi connectivity index (χ1) is 12.0. The summed E-state index contributed by atoms with van der Waals surface area (Å²) in [5, 5.41) is 6.92. The molecule has 0 bridgehead atoms. The van der Waals surface area contributed by atoms with Crippen molar-refractivity contribution >= 4 is 23.2 Å². The number of anilines is 1. The van der Waals surface area contributed by atoms with Crippen LogP contribution in [0.5, 0.6) is 5.75 Å². The number of carbonyl (C=O) groups is 1. The summed E-state index contributed by atoms with van der Waals surface area (Å²) in [5.74, 6) is -0.412. The molecule has 0 saturated carbocycles. The van der Waals surface area contributed by atoms with Crippen molar-refractivity contribution < 1.29 is 13.9 Å². The van der Waals surface area contributed by atoms with E-state index in [2.05, 4.69) is 10.4 Å². The third kappa shape index (κ3) is 4.36. The van der Waals surface area contributed by atoms with Crippen molar-refractivity contribution in [2.24, 2.45) is 0 Å². The first-order valence-corrected chi connectivity index (χ1v) is 7.88. The van der Waals surface area contributed by atoms with E-state index in [1.807, 2.05) is 31.2 Å². The predicted molar refractivity (Wildman–Crippen MR) is 93.4 cm³/mol. The van der Waals surface area contributed by atoms with Crippen molar-refractivity contribution in [2.75, 3.05) is 5.32 Å². The van der Waals surface area contributed by atoms with Gasteiger partial charge in [-0.2, -0.15) is 5.10 Å². The van der Waals surface area contributed by atoms with Crippen LogP contribution in [0.2, 0.25) is 5.02 Å². The number of amides is 1. The number of ether oxygens (including phenoxy) is 1. The highest BCUT2D eigenvalue weighted by molar-refractivity contribution is 6.30. The highest BCUT2D eigenvalue weighted by atomic mass is 35.5. The summed E-state index contributed by atoms with van der Waals surface area (Å²) in [6.45, 7) is 2.02. The van der Waals surface area contributed by atoms with Crippen molar-refractivity contribution in [2.45, 2.75) is 13.7 Å². The van der Waals surface area contributed by atoms with Gasteiger partial charge in [-0.05, 0) is 42.8 Å². The van der Waals surface area contributed by atoms with Crippen LogP contribution in [0.15, 0.2) is 54.7 Å². The number of hydrogen-bond donors (Lipinski definition) is 1. The Morgan fingerprint density at radius 1 is 1.28 bits per heavy atom. The number of halogens is 2. The monoisotopic (exact) mass is 359 g/mol. The molecular formula is C18H15ClFN3O2. The zero-order chi connectivity index (χ0) is 17.8. The van der Waals surface area contributed by atoms with E-state index in [0.717, 1.165) is 5.56 Å². The average Bonchev–Trinajstić information content (AvgIpc) is 3.05. The Bertz CT molecular complexity index is 911. The minimum atomic E-state index is -0.511. The second-order valence-corrected chi connectivity index (χ2v) is 5.82. The minimum Gasteiger partial charge on any atom is -0.471 e. The van der Waals surface area contributed by atoms with Gasteiger partial charge in [0.25, 0.3) is 5.91 Å². The molecule has 0 spiro atoms. The maximum Gasteiger partial charge on any atom is 0.276 e. The number of hydrogen-bond acceptors (Lipinski definition) is 3. The summed E-state index contributed by atoms with van der Waals surface area (Å²) < 4.78 is 20.0. The topological polar surface area (TPSA) is 56.2 Å². The lowest BCUT2D eigenvalue weighted by molar-refractivity contribution is 0.102. The Kier molecular flexibility index (Phi) is 5.00. The van der Waals surface area contributed by atoms with Crippen LogP contribution in [-0.2, 0) is 6.73 Å². The Labute approximate surface area is 149 Å². The van der Waals surface area contributed by atoms with E-state index in [-0.39, 0.29) is 23.4 Å². The molecule has 1 amide bonds. The molecule has 1 aromatic heterocycles. The maximum absolute atomic E-state index is 13.1. The molecule has 0 aliphatic carbocycles. The molecule has 128 valence electrons. The molecular weight excluding hydrogens is 345 g/mol. The fourth-order valence-electron chi connectivity index (χ4n) is 2.18. The van der Waals surface area contributed by atoms with Crippen molar-refractivity contribution in [3.63, 3.8) is 0 Å². The van der Waals surface area contributed by atoms with Crippen LogP contribution in [0, 0.1) is 12.7 Å². The maximum atomic E-state index is 13.1. The normalized spacial score (nSPS) is 10.5. The Balaban J connectivity index is 1.61. The number of nitrogens with one attached hydrogen (secondary N) is 1. The largest absolute Gasteiger partial charge is 0.471 e. The summed E-state index contributed by atoms with van der Waals surface area (Å²) in [5.41, 5.74) is 2.02. The molecule has 5 nitrogen and oxygen atoms in total. The molecule has 0 fully saturated rings. The van der Waals surface area contributed by atoms with E-state index in [1.54, 1.807) is 12.3 Å². The van der Waals surface area contributed by atoms with Gasteiger partial charge in [0.05, 0.1) is 5.02 Å². The van der Waals surface area contributed by atoms with Gasteiger partial charge in [-0.3, -0.25) is 4.79 Å². The molecule has 1 heterocycles. The van der Waals surface area contributed by atoms with Gasteiger partial charge in [0.2, 0.25) is 0 Å². The van der Waals surface area contributed by atoms with E-state index >= 15 is 0 Å². The quantitative estimate of drug-likeness (QED) is 0.740. The lowest BCUT2D eigenvalue weighted by atomic mass is 10.2. The molecule has 0 aliphatic rings. The molecule has 1 N–H and O–H groups in total. The molecule has 0 radical (unpaired) electrons. The molecule has 7 heteroatoms. The molecule has 0 saturated heterocycles. The first kappa shape index (κ1) is 17.0. The summed E-state index contributed by atoms with van der Waals surface area (Å²) in [6.07, 6.45) is 1.62. The SMILES string of the molecule is Cc1cccc(NC(=O)c2ccn(COc3ccc(F)c(Cl)c3)n2)c1. The second-order valence-electron chi connectivity index (χ2n) is 5.41. The summed E-state index contributed by atoms with van der Waals surface area (Å²) in [4.78, 5) is 12.2. The summed E-state index contributed by atoms with van der Waals surface area (Å²) >= 11 is 5.70. The number of aromatic nitrogens is 2. The van der Waals surface area contributed by atoms with E-state index in [9.17, 15) is 9.18 Å². The molecule has 2 aromatic carbocycles. The van der Waals surface area contributed by atoms with Gasteiger partial charge in [0.15, 0.2) is 12.4 Å². The lowest BCUT2D eigenvalue weighted by Crippen LogP contribution is -2.14. The molecule has 25 heavy (non-hydrogen) atoms. The second kappa shape index (κ2) is 7.36. The van der Waals surface area contributed by atoms with Crippen LogP contribution >= 0.6 is 11.6 Å². The Morgan fingerprint density at radius 2 is 2.12 bits per heavy atom. The van der Waals surface area contributed by atoms with Crippen LogP contribution < -0.4 is 10.1 Å². The zero-order valence-corrected chi connectivity index (χ0v) is 14.1. The minimum absolute atomic E-state index is 0.0174. The van der Waals surface area contributed by atoms with Crippen LogP contribution in [0.25, 0.3) is 0 Å². The number of aryl methyl sites for hydroxylation is 1. The van der Waals surface area contributed by atoms with Gasteiger partial charge in [0.1, 0.15) is 11.6 Å². The van der Waals surface area contributed by atoms with Gasteiger partial charge < -0.3 is 10.1 Å². The van der Waals surface area contributed by atoms with E-state index in [0.29, 0.717) is 11.4 Å². The zero-order valence-electron chi connectivity index (χ0n) is 13.4. The van der Waals surface area contributed by atoms with Gasteiger partial charge in [0, 0.05) is 18.0 Å². The van der Waals surface area contributed by atoms with Crippen molar-refractivity contribution in [3.05, 3.63) is 76.8 Å². The molecule has 0 aliphatic heterocycles. The number of rotatable bonds is 5. The molecule has 3 rings (SSSR count). The van der Waals surface area contributed by atoms with Crippen molar-refractivity contribution in [3.8, 4) is 5.75 Å². The third-order valence-corrected chi connectivity index (χ3v) is 3.69. The van der Waals surface area contributed by atoms with Crippen LogP contribution in [0.4, 0.5) is 10.1 Å². The number of benzene rings is 2.